The van der Waals surface area contributed by atoms with E-state index < -0.39 is 0 Å². The summed E-state index contributed by atoms with van der Waals surface area (Å²) in [6.45, 7) is 7.55. The first-order chi connectivity index (χ1) is 11.3. The van der Waals surface area contributed by atoms with Gasteiger partial charge in [-0.15, -0.1) is 0 Å². The van der Waals surface area contributed by atoms with Crippen LogP contribution in [0.15, 0.2) is 42.5 Å². The molecule has 2 aromatic rings. The van der Waals surface area contributed by atoms with E-state index in [4.69, 9.17) is 4.74 Å². The van der Waals surface area contributed by atoms with Crippen molar-refractivity contribution in [1.82, 2.24) is 0 Å². The van der Waals surface area contributed by atoms with Crippen LogP contribution in [0.25, 0.3) is 11.1 Å². The molecular formula is C21H24O3. The average Bonchev–Trinajstić information content (AvgIpc) is 2.59. The number of hydrogen-bond donors (Lipinski definition) is 0. The Kier molecular flexibility index (Phi) is 5.55. The molecule has 0 aromatic heterocycles. The first kappa shape index (κ1) is 17.9. The van der Waals surface area contributed by atoms with Crippen molar-refractivity contribution in [1.29, 1.82) is 0 Å². The number of ketones is 2. The topological polar surface area (TPSA) is 43.4 Å². The van der Waals surface area contributed by atoms with Gasteiger partial charge in [-0.2, -0.15) is 0 Å². The number of carbonyl (C=O) groups is 2. The Bertz CT molecular complexity index is 740. The molecule has 0 aliphatic heterocycles. The van der Waals surface area contributed by atoms with E-state index in [-0.39, 0.29) is 23.4 Å². The zero-order valence-corrected chi connectivity index (χ0v) is 14.9. The molecule has 2 aromatic carbocycles. The second-order valence-electron chi connectivity index (χ2n) is 6.53. The lowest BCUT2D eigenvalue weighted by atomic mass is 9.94. The third kappa shape index (κ3) is 3.73. The summed E-state index contributed by atoms with van der Waals surface area (Å²) < 4.78 is 5.43. The number of benzene rings is 2. The molecule has 3 nitrogen and oxygen atoms in total. The SMILES string of the molecule is COc1ccc(C(=O)C(C)C)cc1-c1ccc(C(=O)C(C)C)cc1. The highest BCUT2D eigenvalue weighted by Crippen LogP contribution is 2.32. The van der Waals surface area contributed by atoms with Gasteiger partial charge in [-0.1, -0.05) is 52.0 Å². The molecule has 0 unspecified atom stereocenters. The molecule has 0 radical (unpaired) electrons. The van der Waals surface area contributed by atoms with Crippen molar-refractivity contribution in [3.8, 4) is 16.9 Å². The molecule has 0 N–H and O–H groups in total. The summed E-state index contributed by atoms with van der Waals surface area (Å²) >= 11 is 0. The van der Waals surface area contributed by atoms with Crippen LogP contribution in [0.4, 0.5) is 0 Å². The first-order valence-electron chi connectivity index (χ1n) is 8.22. The second kappa shape index (κ2) is 7.43. The first-order valence-corrected chi connectivity index (χ1v) is 8.22. The van der Waals surface area contributed by atoms with E-state index in [0.29, 0.717) is 16.9 Å². The zero-order valence-electron chi connectivity index (χ0n) is 14.9. The van der Waals surface area contributed by atoms with Crippen molar-refractivity contribution in [2.75, 3.05) is 7.11 Å². The van der Waals surface area contributed by atoms with Gasteiger partial charge in [0, 0.05) is 28.5 Å². The molecule has 0 aliphatic rings. The van der Waals surface area contributed by atoms with Crippen molar-refractivity contribution in [3.63, 3.8) is 0 Å². The molecule has 3 heteroatoms. The van der Waals surface area contributed by atoms with Crippen LogP contribution in [0, 0.1) is 11.8 Å². The van der Waals surface area contributed by atoms with Gasteiger partial charge in [-0.05, 0) is 23.8 Å². The minimum absolute atomic E-state index is 0.0302. The third-order valence-corrected chi connectivity index (χ3v) is 4.01. The smallest absolute Gasteiger partial charge is 0.165 e. The van der Waals surface area contributed by atoms with Crippen molar-refractivity contribution in [2.24, 2.45) is 11.8 Å². The van der Waals surface area contributed by atoms with Crippen LogP contribution in [0.1, 0.15) is 48.4 Å². The van der Waals surface area contributed by atoms with Crippen LogP contribution in [0.5, 0.6) is 5.75 Å². The van der Waals surface area contributed by atoms with Crippen LogP contribution in [-0.2, 0) is 0 Å². The quantitative estimate of drug-likeness (QED) is 0.699. The van der Waals surface area contributed by atoms with Gasteiger partial charge in [0.2, 0.25) is 0 Å². The Morgan fingerprint density at radius 1 is 0.792 bits per heavy atom. The van der Waals surface area contributed by atoms with E-state index in [2.05, 4.69) is 0 Å². The van der Waals surface area contributed by atoms with Crippen LogP contribution in [0.2, 0.25) is 0 Å². The lowest BCUT2D eigenvalue weighted by molar-refractivity contribution is 0.0932. The fourth-order valence-corrected chi connectivity index (χ4v) is 2.57. The van der Waals surface area contributed by atoms with Crippen molar-refractivity contribution in [2.45, 2.75) is 27.7 Å². The van der Waals surface area contributed by atoms with Gasteiger partial charge in [-0.3, -0.25) is 9.59 Å². The Balaban J connectivity index is 2.45. The van der Waals surface area contributed by atoms with Gasteiger partial charge < -0.3 is 4.74 Å². The number of hydrogen-bond acceptors (Lipinski definition) is 3. The molecule has 0 saturated heterocycles. The summed E-state index contributed by atoms with van der Waals surface area (Å²) in [4.78, 5) is 24.3. The second-order valence-corrected chi connectivity index (χ2v) is 6.53. The Morgan fingerprint density at radius 3 is 1.79 bits per heavy atom. The third-order valence-electron chi connectivity index (χ3n) is 4.01. The molecule has 0 saturated carbocycles. The van der Waals surface area contributed by atoms with Crippen LogP contribution >= 0.6 is 0 Å². The highest BCUT2D eigenvalue weighted by molar-refractivity contribution is 5.99. The van der Waals surface area contributed by atoms with E-state index in [0.717, 1.165) is 11.1 Å². The van der Waals surface area contributed by atoms with Crippen molar-refractivity contribution in [3.05, 3.63) is 53.6 Å². The number of methoxy groups -OCH3 is 1. The molecular weight excluding hydrogens is 300 g/mol. The number of ether oxygens (including phenoxy) is 1. The van der Waals surface area contributed by atoms with Gasteiger partial charge in [0.1, 0.15) is 5.75 Å². The summed E-state index contributed by atoms with van der Waals surface area (Å²) in [5, 5.41) is 0. The maximum absolute atomic E-state index is 12.3. The fraction of sp³-hybridized carbons (Fsp3) is 0.333. The largest absolute Gasteiger partial charge is 0.496 e. The number of Topliss-reactive ketones (excluding diaryl/α,β-unsaturated/α-hetero) is 2. The van der Waals surface area contributed by atoms with Crippen molar-refractivity contribution >= 4 is 11.6 Å². The van der Waals surface area contributed by atoms with Crippen LogP contribution in [-0.4, -0.2) is 18.7 Å². The molecule has 0 aliphatic carbocycles. The molecule has 24 heavy (non-hydrogen) atoms. The lowest BCUT2D eigenvalue weighted by Crippen LogP contribution is -2.08. The normalized spacial score (nSPS) is 11.0. The van der Waals surface area contributed by atoms with Gasteiger partial charge in [-0.25, -0.2) is 0 Å². The minimum Gasteiger partial charge on any atom is -0.496 e. The Labute approximate surface area is 143 Å². The lowest BCUT2D eigenvalue weighted by Gasteiger charge is -2.12. The van der Waals surface area contributed by atoms with Crippen molar-refractivity contribution < 1.29 is 14.3 Å². The van der Waals surface area contributed by atoms with Crippen LogP contribution in [0.3, 0.4) is 0 Å². The number of rotatable bonds is 6. The van der Waals surface area contributed by atoms with Gasteiger partial charge in [0.15, 0.2) is 11.6 Å². The average molecular weight is 324 g/mol. The molecule has 126 valence electrons. The summed E-state index contributed by atoms with van der Waals surface area (Å²) in [6.07, 6.45) is 0. The maximum atomic E-state index is 12.3. The molecule has 0 atom stereocenters. The molecule has 0 fully saturated rings. The molecule has 2 rings (SSSR count). The molecule has 0 heterocycles. The summed E-state index contributed by atoms with van der Waals surface area (Å²) in [5.74, 6) is 0.843. The van der Waals surface area contributed by atoms with Gasteiger partial charge >= 0.3 is 0 Å². The molecule has 0 bridgehead atoms. The molecule has 0 spiro atoms. The predicted octanol–water partition coefficient (Wildman–Crippen LogP) is 5.04. The standard InChI is InChI=1S/C21H24O3/c1-13(2)20(22)16-8-6-15(7-9-16)18-12-17(21(23)14(3)4)10-11-19(18)24-5/h6-14H,1-5H3. The predicted molar refractivity (Wildman–Crippen MR) is 96.8 cm³/mol. The van der Waals surface area contributed by atoms with E-state index in [1.54, 1.807) is 13.2 Å². The van der Waals surface area contributed by atoms with E-state index in [1.165, 1.54) is 0 Å². The van der Waals surface area contributed by atoms with Gasteiger partial charge in [0.25, 0.3) is 0 Å². The highest BCUT2D eigenvalue weighted by Gasteiger charge is 2.15. The zero-order chi connectivity index (χ0) is 17.9. The Hall–Kier alpha value is -2.42. The fourth-order valence-electron chi connectivity index (χ4n) is 2.57. The van der Waals surface area contributed by atoms with E-state index in [1.807, 2.05) is 64.1 Å². The number of carbonyl (C=O) groups excluding carboxylic acids is 2. The summed E-state index contributed by atoms with van der Waals surface area (Å²) in [5.41, 5.74) is 3.14. The van der Waals surface area contributed by atoms with E-state index in [9.17, 15) is 9.59 Å². The monoisotopic (exact) mass is 324 g/mol. The van der Waals surface area contributed by atoms with Gasteiger partial charge in [0.05, 0.1) is 7.11 Å². The molecule has 0 amide bonds. The summed E-state index contributed by atoms with van der Waals surface area (Å²) in [7, 11) is 1.61. The summed E-state index contributed by atoms with van der Waals surface area (Å²) in [6, 6.07) is 12.9. The highest BCUT2D eigenvalue weighted by atomic mass is 16.5. The van der Waals surface area contributed by atoms with E-state index >= 15 is 0 Å². The van der Waals surface area contributed by atoms with Crippen LogP contribution < -0.4 is 4.74 Å². The Morgan fingerprint density at radius 2 is 1.29 bits per heavy atom. The maximum Gasteiger partial charge on any atom is 0.165 e. The minimum atomic E-state index is -0.0581.